The van der Waals surface area contributed by atoms with Crippen LogP contribution in [0.3, 0.4) is 0 Å². The van der Waals surface area contributed by atoms with Crippen molar-refractivity contribution in [3.05, 3.63) is 35.3 Å². The summed E-state index contributed by atoms with van der Waals surface area (Å²) in [6.07, 6.45) is 5.14. The minimum absolute atomic E-state index is 0.142. The first-order valence-electron chi connectivity index (χ1n) is 12.8. The molecule has 0 bridgehead atoms. The highest BCUT2D eigenvalue weighted by atomic mass is 16.4. The number of pyridine rings is 1. The SMILES string of the molecule is CCCC(C)Nc1nc(N)c2ncc(Cc3cnc(N4CCN(C(=O)CN(C)C(=O)O)CC4)c(C)c3)n2n1. The average Bonchev–Trinajstić information content (AvgIpc) is 3.27. The Labute approximate surface area is 221 Å². The molecular weight excluding hydrogens is 488 g/mol. The molecule has 0 radical (unpaired) electrons. The molecule has 4 N–H and O–H groups in total. The highest BCUT2D eigenvalue weighted by Gasteiger charge is 2.24. The zero-order valence-electron chi connectivity index (χ0n) is 22.4. The van der Waals surface area contributed by atoms with Gasteiger partial charge in [0.2, 0.25) is 11.9 Å². The predicted molar refractivity (Wildman–Crippen MR) is 144 cm³/mol. The van der Waals surface area contributed by atoms with E-state index in [1.54, 1.807) is 15.6 Å². The number of aromatic nitrogens is 5. The summed E-state index contributed by atoms with van der Waals surface area (Å²) in [6.45, 7) is 8.41. The van der Waals surface area contributed by atoms with Crippen LogP contribution in [-0.2, 0) is 11.2 Å². The van der Waals surface area contributed by atoms with E-state index in [2.05, 4.69) is 45.2 Å². The second-order valence-corrected chi connectivity index (χ2v) is 9.81. The van der Waals surface area contributed by atoms with Crippen LogP contribution >= 0.6 is 0 Å². The fraction of sp³-hybridized carbons (Fsp3) is 0.520. The van der Waals surface area contributed by atoms with E-state index in [1.807, 2.05) is 13.1 Å². The number of nitrogens with zero attached hydrogens (tertiary/aromatic N) is 8. The van der Waals surface area contributed by atoms with Crippen molar-refractivity contribution in [1.29, 1.82) is 0 Å². The van der Waals surface area contributed by atoms with Crippen molar-refractivity contribution >= 4 is 35.2 Å². The molecule has 1 unspecified atom stereocenters. The average molecular weight is 525 g/mol. The molecule has 1 aliphatic heterocycles. The summed E-state index contributed by atoms with van der Waals surface area (Å²) in [7, 11) is 1.39. The van der Waals surface area contributed by atoms with Gasteiger partial charge in [0, 0.05) is 51.9 Å². The number of nitrogens with two attached hydrogens (primary N) is 1. The summed E-state index contributed by atoms with van der Waals surface area (Å²) < 4.78 is 1.74. The minimum Gasteiger partial charge on any atom is -0.465 e. The van der Waals surface area contributed by atoms with Gasteiger partial charge in [0.05, 0.1) is 11.9 Å². The van der Waals surface area contributed by atoms with Gasteiger partial charge in [0.1, 0.15) is 12.4 Å². The third kappa shape index (κ3) is 6.03. The Morgan fingerprint density at radius 3 is 2.61 bits per heavy atom. The van der Waals surface area contributed by atoms with Crippen LogP contribution in [0, 0.1) is 6.92 Å². The topological polar surface area (TPSA) is 158 Å². The van der Waals surface area contributed by atoms with Crippen molar-refractivity contribution in [1.82, 2.24) is 34.4 Å². The third-order valence-electron chi connectivity index (χ3n) is 6.68. The number of imidazole rings is 1. The van der Waals surface area contributed by atoms with Crippen molar-refractivity contribution in [2.75, 3.05) is 55.7 Å². The monoisotopic (exact) mass is 524 g/mol. The minimum atomic E-state index is -1.12. The number of aryl methyl sites for hydroxylation is 1. The van der Waals surface area contributed by atoms with Gasteiger partial charge < -0.3 is 30.9 Å². The van der Waals surface area contributed by atoms with Crippen LogP contribution < -0.4 is 16.0 Å². The van der Waals surface area contributed by atoms with Gasteiger partial charge in [-0.25, -0.2) is 19.3 Å². The van der Waals surface area contributed by atoms with Crippen molar-refractivity contribution in [2.45, 2.75) is 46.1 Å². The molecule has 4 rings (SSSR count). The van der Waals surface area contributed by atoms with Crippen LogP contribution in [0.25, 0.3) is 5.65 Å². The van der Waals surface area contributed by atoms with E-state index < -0.39 is 6.09 Å². The second kappa shape index (κ2) is 11.5. The van der Waals surface area contributed by atoms with Gasteiger partial charge in [0.25, 0.3) is 0 Å². The molecule has 1 aliphatic rings. The molecule has 1 atom stereocenters. The highest BCUT2D eigenvalue weighted by molar-refractivity contribution is 5.82. The third-order valence-corrected chi connectivity index (χ3v) is 6.68. The number of likely N-dealkylation sites (N-methyl/N-ethyl adjacent to an activating group) is 1. The fourth-order valence-electron chi connectivity index (χ4n) is 4.66. The zero-order chi connectivity index (χ0) is 27.4. The Hall–Kier alpha value is -4.16. The van der Waals surface area contributed by atoms with E-state index in [0.29, 0.717) is 50.0 Å². The number of amides is 2. The molecule has 0 saturated carbocycles. The summed E-state index contributed by atoms with van der Waals surface area (Å²) in [6, 6.07) is 2.34. The first kappa shape index (κ1) is 26.9. The van der Waals surface area contributed by atoms with Gasteiger partial charge >= 0.3 is 6.09 Å². The lowest BCUT2D eigenvalue weighted by Crippen LogP contribution is -2.51. The summed E-state index contributed by atoms with van der Waals surface area (Å²) in [4.78, 5) is 41.8. The lowest BCUT2D eigenvalue weighted by molar-refractivity contribution is -0.132. The maximum absolute atomic E-state index is 12.4. The molecule has 1 saturated heterocycles. The van der Waals surface area contributed by atoms with E-state index in [1.165, 1.54) is 7.05 Å². The number of carbonyl (C=O) groups is 2. The number of nitrogens with one attached hydrogen (secondary N) is 1. The number of rotatable bonds is 9. The van der Waals surface area contributed by atoms with E-state index in [-0.39, 0.29) is 18.5 Å². The Morgan fingerprint density at radius 2 is 1.95 bits per heavy atom. The standard InChI is InChI=1S/C25H36N10O3/c1-5-6-17(3)29-24-30-21(26)23-28-14-19(35(23)31-24)12-18-11-16(2)22(27-13-18)34-9-7-33(8-10-34)20(36)15-32(4)25(37)38/h11,13-14,17H,5-10,12,15H2,1-4H3,(H,37,38)(H3,26,29,30,31). The number of piperazine rings is 1. The number of hydrogen-bond acceptors (Lipinski definition) is 9. The number of carboxylic acid groups (broad SMARTS) is 1. The lowest BCUT2D eigenvalue weighted by atomic mass is 10.1. The Morgan fingerprint density at radius 1 is 1.21 bits per heavy atom. The normalized spacial score (nSPS) is 14.5. The van der Waals surface area contributed by atoms with Crippen LogP contribution in [0.15, 0.2) is 18.5 Å². The molecule has 0 spiro atoms. The molecule has 0 aromatic carbocycles. The smallest absolute Gasteiger partial charge is 0.407 e. The van der Waals surface area contributed by atoms with Crippen molar-refractivity contribution in [3.8, 4) is 0 Å². The van der Waals surface area contributed by atoms with Crippen molar-refractivity contribution in [2.24, 2.45) is 0 Å². The maximum atomic E-state index is 12.4. The summed E-state index contributed by atoms with van der Waals surface area (Å²) in [5, 5.41) is 16.9. The quantitative estimate of drug-likeness (QED) is 0.377. The molecule has 4 heterocycles. The largest absolute Gasteiger partial charge is 0.465 e. The molecule has 204 valence electrons. The maximum Gasteiger partial charge on any atom is 0.407 e. The van der Waals surface area contributed by atoms with E-state index in [0.717, 1.165) is 40.4 Å². The highest BCUT2D eigenvalue weighted by Crippen LogP contribution is 2.22. The van der Waals surface area contributed by atoms with Crippen LogP contribution in [0.5, 0.6) is 0 Å². The van der Waals surface area contributed by atoms with E-state index in [9.17, 15) is 9.59 Å². The second-order valence-electron chi connectivity index (χ2n) is 9.81. The molecule has 13 heteroatoms. The number of hydrogen-bond donors (Lipinski definition) is 3. The number of fused-ring (bicyclic) bond motifs is 1. The molecule has 3 aromatic rings. The van der Waals surface area contributed by atoms with Crippen molar-refractivity contribution in [3.63, 3.8) is 0 Å². The summed E-state index contributed by atoms with van der Waals surface area (Å²) in [5.74, 6) is 1.50. The molecule has 38 heavy (non-hydrogen) atoms. The van der Waals surface area contributed by atoms with Crippen LogP contribution in [0.4, 0.5) is 22.4 Å². The van der Waals surface area contributed by atoms with Gasteiger partial charge in [-0.05, 0) is 31.4 Å². The van der Waals surface area contributed by atoms with Gasteiger partial charge in [-0.3, -0.25) is 4.79 Å². The Kier molecular flexibility index (Phi) is 8.13. The van der Waals surface area contributed by atoms with Crippen LogP contribution in [-0.4, -0.2) is 97.3 Å². The summed E-state index contributed by atoms with van der Waals surface area (Å²) >= 11 is 0. The van der Waals surface area contributed by atoms with E-state index >= 15 is 0 Å². The number of carbonyl (C=O) groups excluding carboxylic acids is 1. The molecule has 13 nitrogen and oxygen atoms in total. The fourth-order valence-corrected chi connectivity index (χ4v) is 4.66. The molecular formula is C25H36N10O3. The molecule has 0 aliphatic carbocycles. The Bertz CT molecular complexity index is 1300. The van der Waals surface area contributed by atoms with Crippen LogP contribution in [0.2, 0.25) is 0 Å². The van der Waals surface area contributed by atoms with E-state index in [4.69, 9.17) is 15.8 Å². The number of nitrogen functional groups attached to an aromatic ring is 1. The van der Waals surface area contributed by atoms with Gasteiger partial charge in [0.15, 0.2) is 11.5 Å². The Balaban J connectivity index is 1.43. The predicted octanol–water partition coefficient (Wildman–Crippen LogP) is 1.86. The van der Waals surface area contributed by atoms with Crippen LogP contribution in [0.1, 0.15) is 43.5 Å². The first-order valence-corrected chi connectivity index (χ1v) is 12.8. The molecule has 3 aromatic heterocycles. The van der Waals surface area contributed by atoms with Gasteiger partial charge in [-0.1, -0.05) is 19.4 Å². The first-order chi connectivity index (χ1) is 18.2. The summed E-state index contributed by atoms with van der Waals surface area (Å²) in [5.41, 5.74) is 9.62. The lowest BCUT2D eigenvalue weighted by Gasteiger charge is -2.36. The zero-order valence-corrected chi connectivity index (χ0v) is 22.4. The molecule has 2 amide bonds. The van der Waals surface area contributed by atoms with Gasteiger partial charge in [-0.15, -0.1) is 5.10 Å². The number of anilines is 3. The molecule has 1 fully saturated rings. The van der Waals surface area contributed by atoms with Crippen molar-refractivity contribution < 1.29 is 14.7 Å². The van der Waals surface area contributed by atoms with Gasteiger partial charge in [-0.2, -0.15) is 4.98 Å².